The minimum absolute atomic E-state index is 0.00318. The third kappa shape index (κ3) is 4.84. The van der Waals surface area contributed by atoms with Gasteiger partial charge < -0.3 is 15.4 Å². The lowest BCUT2D eigenvalue weighted by atomic mass is 10.1. The molecule has 2 aromatic carbocycles. The molecule has 0 fully saturated rings. The molecular formula is C19H22N2O3. The molecular weight excluding hydrogens is 304 g/mol. The number of amides is 2. The summed E-state index contributed by atoms with van der Waals surface area (Å²) in [6.45, 7) is 4.18. The number of Topliss-reactive ketones (excluding diaryl/α,β-unsaturated/α-hetero) is 1. The summed E-state index contributed by atoms with van der Waals surface area (Å²) >= 11 is 0. The smallest absolute Gasteiger partial charge is 0.319 e. The van der Waals surface area contributed by atoms with E-state index in [1.165, 1.54) is 0 Å². The second-order valence-corrected chi connectivity index (χ2v) is 5.62. The lowest BCUT2D eigenvalue weighted by molar-refractivity contribution is 0.0983. The van der Waals surface area contributed by atoms with Gasteiger partial charge in [-0.15, -0.1) is 0 Å². The molecule has 0 aromatic heterocycles. The number of hydrogen-bond acceptors (Lipinski definition) is 3. The molecule has 0 radical (unpaired) electrons. The molecule has 0 aliphatic rings. The van der Waals surface area contributed by atoms with Crippen molar-refractivity contribution in [2.24, 2.45) is 0 Å². The summed E-state index contributed by atoms with van der Waals surface area (Å²) in [4.78, 5) is 24.0. The molecule has 24 heavy (non-hydrogen) atoms. The standard InChI is InChI=1S/C19H22N2O3/c1-13-4-7-15(8-5-13)17(22)10-11-20-19(23)21-16-12-14(2)6-9-18(16)24-3/h4-9,12H,10-11H2,1-3H3,(H2,20,21,23). The average Bonchev–Trinajstić information content (AvgIpc) is 2.55. The maximum atomic E-state index is 12.0. The van der Waals surface area contributed by atoms with Crippen molar-refractivity contribution in [1.29, 1.82) is 0 Å². The van der Waals surface area contributed by atoms with Crippen LogP contribution in [0.4, 0.5) is 10.5 Å². The third-order valence-electron chi connectivity index (χ3n) is 3.61. The Morgan fingerprint density at radius 2 is 1.67 bits per heavy atom. The Hall–Kier alpha value is -2.82. The molecule has 0 saturated heterocycles. The predicted molar refractivity (Wildman–Crippen MR) is 94.9 cm³/mol. The summed E-state index contributed by atoms with van der Waals surface area (Å²) in [5.41, 5.74) is 3.37. The van der Waals surface area contributed by atoms with Crippen molar-refractivity contribution < 1.29 is 14.3 Å². The number of aryl methyl sites for hydroxylation is 2. The van der Waals surface area contributed by atoms with Crippen LogP contribution in [0.5, 0.6) is 5.75 Å². The first-order valence-corrected chi connectivity index (χ1v) is 7.79. The molecule has 0 aliphatic heterocycles. The highest BCUT2D eigenvalue weighted by Crippen LogP contribution is 2.24. The number of benzene rings is 2. The van der Waals surface area contributed by atoms with Crippen molar-refractivity contribution in [3.8, 4) is 5.75 Å². The fourth-order valence-electron chi connectivity index (χ4n) is 2.26. The number of ether oxygens (including phenoxy) is 1. The second-order valence-electron chi connectivity index (χ2n) is 5.62. The Morgan fingerprint density at radius 1 is 1.00 bits per heavy atom. The van der Waals surface area contributed by atoms with Crippen LogP contribution in [0.2, 0.25) is 0 Å². The van der Waals surface area contributed by atoms with Gasteiger partial charge in [-0.05, 0) is 31.5 Å². The number of methoxy groups -OCH3 is 1. The lowest BCUT2D eigenvalue weighted by Gasteiger charge is -2.11. The molecule has 0 bridgehead atoms. The maximum Gasteiger partial charge on any atom is 0.319 e. The van der Waals surface area contributed by atoms with Gasteiger partial charge in [0.25, 0.3) is 0 Å². The van der Waals surface area contributed by atoms with Gasteiger partial charge in [-0.3, -0.25) is 4.79 Å². The first kappa shape index (κ1) is 17.5. The SMILES string of the molecule is COc1ccc(C)cc1NC(=O)NCCC(=O)c1ccc(C)cc1. The highest BCUT2D eigenvalue weighted by Gasteiger charge is 2.09. The van der Waals surface area contributed by atoms with Crippen LogP contribution in [0.3, 0.4) is 0 Å². The van der Waals surface area contributed by atoms with Gasteiger partial charge in [0.2, 0.25) is 0 Å². The van der Waals surface area contributed by atoms with Crippen LogP contribution >= 0.6 is 0 Å². The first-order valence-electron chi connectivity index (χ1n) is 7.79. The Bertz CT molecular complexity index is 724. The molecule has 2 amide bonds. The summed E-state index contributed by atoms with van der Waals surface area (Å²) in [7, 11) is 1.55. The van der Waals surface area contributed by atoms with E-state index in [2.05, 4.69) is 10.6 Å². The fourth-order valence-corrected chi connectivity index (χ4v) is 2.26. The third-order valence-corrected chi connectivity index (χ3v) is 3.61. The zero-order valence-corrected chi connectivity index (χ0v) is 14.2. The summed E-state index contributed by atoms with van der Waals surface area (Å²) in [5.74, 6) is 0.593. The number of nitrogens with one attached hydrogen (secondary N) is 2. The lowest BCUT2D eigenvalue weighted by Crippen LogP contribution is -2.30. The van der Waals surface area contributed by atoms with E-state index in [9.17, 15) is 9.59 Å². The van der Waals surface area contributed by atoms with Gasteiger partial charge in [0.05, 0.1) is 12.8 Å². The average molecular weight is 326 g/mol. The molecule has 2 N–H and O–H groups in total. The molecule has 126 valence electrons. The normalized spacial score (nSPS) is 10.1. The van der Waals surface area contributed by atoms with E-state index in [-0.39, 0.29) is 24.8 Å². The first-order chi connectivity index (χ1) is 11.5. The van der Waals surface area contributed by atoms with Gasteiger partial charge in [0.15, 0.2) is 5.78 Å². The summed E-state index contributed by atoms with van der Waals surface area (Å²) in [6, 6.07) is 12.6. The van der Waals surface area contributed by atoms with E-state index in [0.717, 1.165) is 11.1 Å². The highest BCUT2D eigenvalue weighted by molar-refractivity contribution is 5.97. The van der Waals surface area contributed by atoms with E-state index >= 15 is 0 Å². The van der Waals surface area contributed by atoms with Crippen molar-refractivity contribution in [1.82, 2.24) is 5.32 Å². The van der Waals surface area contributed by atoms with Gasteiger partial charge in [-0.2, -0.15) is 0 Å². The Kier molecular flexibility index (Phi) is 5.95. The second kappa shape index (κ2) is 8.15. The van der Waals surface area contributed by atoms with E-state index in [4.69, 9.17) is 4.74 Å². The summed E-state index contributed by atoms with van der Waals surface area (Å²) < 4.78 is 5.21. The predicted octanol–water partition coefficient (Wildman–Crippen LogP) is 3.71. The van der Waals surface area contributed by atoms with E-state index in [0.29, 0.717) is 17.0 Å². The topological polar surface area (TPSA) is 67.4 Å². The summed E-state index contributed by atoms with van der Waals surface area (Å²) in [6.07, 6.45) is 0.251. The van der Waals surface area contributed by atoms with E-state index in [1.807, 2.05) is 38.1 Å². The van der Waals surface area contributed by atoms with Gasteiger partial charge >= 0.3 is 6.03 Å². The van der Waals surface area contributed by atoms with Crippen molar-refractivity contribution in [2.75, 3.05) is 19.0 Å². The number of hydrogen-bond donors (Lipinski definition) is 2. The van der Waals surface area contributed by atoms with Crippen LogP contribution in [-0.2, 0) is 0 Å². The van der Waals surface area contributed by atoms with Crippen molar-refractivity contribution >= 4 is 17.5 Å². The fraction of sp³-hybridized carbons (Fsp3) is 0.263. The van der Waals surface area contributed by atoms with Crippen LogP contribution < -0.4 is 15.4 Å². The monoisotopic (exact) mass is 326 g/mol. The van der Waals surface area contributed by atoms with Crippen molar-refractivity contribution in [2.45, 2.75) is 20.3 Å². The molecule has 0 unspecified atom stereocenters. The zero-order valence-electron chi connectivity index (χ0n) is 14.2. The Morgan fingerprint density at radius 3 is 2.33 bits per heavy atom. The highest BCUT2D eigenvalue weighted by atomic mass is 16.5. The van der Waals surface area contributed by atoms with Crippen LogP contribution in [0, 0.1) is 13.8 Å². The van der Waals surface area contributed by atoms with E-state index in [1.54, 1.807) is 25.3 Å². The maximum absolute atomic E-state index is 12.0. The van der Waals surface area contributed by atoms with Gasteiger partial charge in [-0.25, -0.2) is 4.79 Å². The van der Waals surface area contributed by atoms with Gasteiger partial charge in [0, 0.05) is 18.5 Å². The molecule has 2 rings (SSSR count). The van der Waals surface area contributed by atoms with Crippen molar-refractivity contribution in [3.63, 3.8) is 0 Å². The van der Waals surface area contributed by atoms with Gasteiger partial charge in [0.1, 0.15) is 5.75 Å². The molecule has 5 heteroatoms. The number of ketones is 1. The number of anilines is 1. The van der Waals surface area contributed by atoms with Gasteiger partial charge in [-0.1, -0.05) is 35.9 Å². The number of carbonyl (C=O) groups excluding carboxylic acids is 2. The quantitative estimate of drug-likeness (QED) is 0.795. The Labute approximate surface area is 142 Å². The minimum atomic E-state index is -0.365. The van der Waals surface area contributed by atoms with Crippen LogP contribution in [0.15, 0.2) is 42.5 Å². The van der Waals surface area contributed by atoms with E-state index < -0.39 is 0 Å². The number of urea groups is 1. The van der Waals surface area contributed by atoms with Crippen LogP contribution in [0.25, 0.3) is 0 Å². The molecule has 5 nitrogen and oxygen atoms in total. The largest absolute Gasteiger partial charge is 0.495 e. The Balaban J connectivity index is 1.84. The zero-order chi connectivity index (χ0) is 17.5. The number of rotatable bonds is 6. The minimum Gasteiger partial charge on any atom is -0.495 e. The molecule has 2 aromatic rings. The summed E-state index contributed by atoms with van der Waals surface area (Å²) in [5, 5.41) is 5.42. The molecule has 0 atom stereocenters. The molecule has 0 saturated carbocycles. The van der Waals surface area contributed by atoms with Crippen LogP contribution in [0.1, 0.15) is 27.9 Å². The van der Waals surface area contributed by atoms with Crippen LogP contribution in [-0.4, -0.2) is 25.5 Å². The molecule has 0 heterocycles. The molecule has 0 aliphatic carbocycles. The van der Waals surface area contributed by atoms with Crippen molar-refractivity contribution in [3.05, 3.63) is 59.2 Å². The molecule has 0 spiro atoms. The number of carbonyl (C=O) groups is 2.